The predicted molar refractivity (Wildman–Crippen MR) is 143 cm³/mol. The van der Waals surface area contributed by atoms with Crippen molar-refractivity contribution in [2.45, 2.75) is 11.8 Å². The zero-order valence-corrected chi connectivity index (χ0v) is 20.6. The SMILES string of the molecule is COc1cccc(NC(=O)c2ccc(N3C(=O)[C@H]4C5c6ccccc6C(c6ccccc65)[C@@H]4C3=O)cc2)c1. The second-order valence-electron chi connectivity index (χ2n) is 10.0. The highest BCUT2D eigenvalue weighted by atomic mass is 16.5. The number of benzene rings is 4. The smallest absolute Gasteiger partial charge is 0.255 e. The van der Waals surface area contributed by atoms with Gasteiger partial charge in [0.05, 0.1) is 24.6 Å². The molecule has 2 atom stereocenters. The average molecular weight is 501 g/mol. The van der Waals surface area contributed by atoms with Gasteiger partial charge in [-0.2, -0.15) is 0 Å². The molecule has 0 radical (unpaired) electrons. The molecule has 2 bridgehead atoms. The van der Waals surface area contributed by atoms with Gasteiger partial charge in [0.25, 0.3) is 5.91 Å². The van der Waals surface area contributed by atoms with Gasteiger partial charge in [0, 0.05) is 29.2 Å². The number of hydrogen-bond acceptors (Lipinski definition) is 4. The minimum absolute atomic E-state index is 0.147. The first kappa shape index (κ1) is 22.5. The van der Waals surface area contributed by atoms with E-state index < -0.39 is 11.8 Å². The van der Waals surface area contributed by atoms with E-state index in [1.54, 1.807) is 55.6 Å². The van der Waals surface area contributed by atoms with E-state index in [9.17, 15) is 14.4 Å². The molecule has 6 heteroatoms. The minimum atomic E-state index is -0.437. The lowest BCUT2D eigenvalue weighted by Crippen LogP contribution is -2.41. The lowest BCUT2D eigenvalue weighted by atomic mass is 9.55. The van der Waals surface area contributed by atoms with Gasteiger partial charge in [-0.3, -0.25) is 14.4 Å². The van der Waals surface area contributed by atoms with Gasteiger partial charge >= 0.3 is 0 Å². The van der Waals surface area contributed by atoms with E-state index in [4.69, 9.17) is 4.74 Å². The van der Waals surface area contributed by atoms with Crippen LogP contribution in [0.1, 0.15) is 44.4 Å². The number of rotatable bonds is 4. The quantitative estimate of drug-likeness (QED) is 0.384. The summed E-state index contributed by atoms with van der Waals surface area (Å²) in [6, 6.07) is 30.1. The van der Waals surface area contributed by atoms with Crippen molar-refractivity contribution in [1.82, 2.24) is 0 Å². The van der Waals surface area contributed by atoms with E-state index in [1.807, 2.05) is 24.3 Å². The Morgan fingerprint density at radius 3 is 1.74 bits per heavy atom. The molecule has 38 heavy (non-hydrogen) atoms. The van der Waals surface area contributed by atoms with Crippen LogP contribution in [0.15, 0.2) is 97.1 Å². The monoisotopic (exact) mass is 500 g/mol. The molecule has 1 fully saturated rings. The Morgan fingerprint density at radius 2 is 1.24 bits per heavy atom. The van der Waals surface area contributed by atoms with Crippen molar-refractivity contribution in [3.63, 3.8) is 0 Å². The summed E-state index contributed by atoms with van der Waals surface area (Å²) in [5, 5.41) is 2.85. The Morgan fingerprint density at radius 1 is 0.711 bits per heavy atom. The number of imide groups is 1. The molecular formula is C32H24N2O4. The standard InChI is InChI=1S/C32H24N2O4/c1-38-21-8-6-7-19(17-21)33-30(35)18-13-15-20(16-14-18)34-31(36)28-26-22-9-2-3-10-23(22)27(29(28)32(34)37)25-12-5-4-11-24(25)26/h2-17,26-29H,1H3,(H,33,35)/t26?,27?,28-,29-/m0/s1. The van der Waals surface area contributed by atoms with Crippen LogP contribution in [0.4, 0.5) is 11.4 Å². The zero-order chi connectivity index (χ0) is 26.0. The zero-order valence-electron chi connectivity index (χ0n) is 20.6. The van der Waals surface area contributed by atoms with Crippen molar-refractivity contribution in [3.8, 4) is 5.75 Å². The molecule has 0 spiro atoms. The van der Waals surface area contributed by atoms with Gasteiger partial charge in [0.2, 0.25) is 11.8 Å². The van der Waals surface area contributed by atoms with Gasteiger partial charge in [-0.15, -0.1) is 0 Å². The summed E-state index contributed by atoms with van der Waals surface area (Å²) >= 11 is 0. The summed E-state index contributed by atoms with van der Waals surface area (Å²) in [5.41, 5.74) is 6.10. The number of ether oxygens (including phenoxy) is 1. The van der Waals surface area contributed by atoms with Crippen LogP contribution in [-0.4, -0.2) is 24.8 Å². The molecule has 0 aromatic heterocycles. The van der Waals surface area contributed by atoms with E-state index in [0.29, 0.717) is 22.7 Å². The fourth-order valence-corrected chi connectivity index (χ4v) is 6.60. The van der Waals surface area contributed by atoms with E-state index in [1.165, 1.54) is 4.90 Å². The Bertz CT molecular complexity index is 1510. The first-order valence-electron chi connectivity index (χ1n) is 12.7. The molecule has 6 nitrogen and oxygen atoms in total. The van der Waals surface area contributed by atoms with E-state index in [0.717, 1.165) is 22.3 Å². The maximum absolute atomic E-state index is 13.9. The highest BCUT2D eigenvalue weighted by Crippen LogP contribution is 2.61. The van der Waals surface area contributed by atoms with Crippen LogP contribution in [0.5, 0.6) is 5.75 Å². The fraction of sp³-hybridized carbons (Fsp3) is 0.156. The molecule has 4 aromatic carbocycles. The highest BCUT2D eigenvalue weighted by molar-refractivity contribution is 6.23. The van der Waals surface area contributed by atoms with E-state index in [-0.39, 0.29) is 29.6 Å². The predicted octanol–water partition coefficient (Wildman–Crippen LogP) is 5.34. The lowest BCUT2D eigenvalue weighted by Gasteiger charge is -2.45. The fourth-order valence-electron chi connectivity index (χ4n) is 6.60. The molecule has 0 saturated carbocycles. The highest BCUT2D eigenvalue weighted by Gasteiger charge is 2.61. The Hall–Kier alpha value is -4.71. The van der Waals surface area contributed by atoms with E-state index in [2.05, 4.69) is 29.6 Å². The summed E-state index contributed by atoms with van der Waals surface area (Å²) in [4.78, 5) is 41.9. The average Bonchev–Trinajstić information content (AvgIpc) is 3.23. The van der Waals surface area contributed by atoms with Crippen LogP contribution in [0, 0.1) is 11.8 Å². The molecule has 0 unspecified atom stereocenters. The summed E-state index contributed by atoms with van der Waals surface area (Å²) in [7, 11) is 1.57. The molecule has 8 rings (SSSR count). The third-order valence-electron chi connectivity index (χ3n) is 8.16. The van der Waals surface area contributed by atoms with Crippen LogP contribution in [0.25, 0.3) is 0 Å². The van der Waals surface area contributed by atoms with Crippen molar-refractivity contribution in [1.29, 1.82) is 0 Å². The molecule has 4 aromatic rings. The van der Waals surface area contributed by atoms with Crippen LogP contribution >= 0.6 is 0 Å². The number of anilines is 2. The molecule has 3 amide bonds. The molecule has 3 aliphatic carbocycles. The van der Waals surface area contributed by atoms with Crippen molar-refractivity contribution in [3.05, 3.63) is 125 Å². The number of methoxy groups -OCH3 is 1. The number of nitrogens with one attached hydrogen (secondary N) is 1. The number of carbonyl (C=O) groups is 3. The van der Waals surface area contributed by atoms with Gasteiger partial charge in [0.15, 0.2) is 0 Å². The lowest BCUT2D eigenvalue weighted by molar-refractivity contribution is -0.122. The summed E-state index contributed by atoms with van der Waals surface area (Å²) in [5.74, 6) is -1.16. The van der Waals surface area contributed by atoms with Crippen LogP contribution in [0.3, 0.4) is 0 Å². The van der Waals surface area contributed by atoms with Gasteiger partial charge in [0.1, 0.15) is 5.75 Å². The number of carbonyl (C=O) groups excluding carboxylic acids is 3. The van der Waals surface area contributed by atoms with Crippen molar-refractivity contribution in [2.75, 3.05) is 17.3 Å². The molecule has 4 aliphatic rings. The maximum atomic E-state index is 13.9. The Balaban J connectivity index is 1.20. The molecular weight excluding hydrogens is 476 g/mol. The largest absolute Gasteiger partial charge is 0.497 e. The third kappa shape index (κ3) is 3.16. The number of amides is 3. The third-order valence-corrected chi connectivity index (χ3v) is 8.16. The Labute approximate surface area is 219 Å². The first-order chi connectivity index (χ1) is 18.6. The summed E-state index contributed by atoms with van der Waals surface area (Å²) in [6.07, 6.45) is 0. The number of nitrogens with zero attached hydrogens (tertiary/aromatic N) is 1. The van der Waals surface area contributed by atoms with Gasteiger partial charge in [-0.1, -0.05) is 54.6 Å². The van der Waals surface area contributed by atoms with Gasteiger partial charge < -0.3 is 10.1 Å². The maximum Gasteiger partial charge on any atom is 0.255 e. The molecule has 1 heterocycles. The first-order valence-corrected chi connectivity index (χ1v) is 12.7. The van der Waals surface area contributed by atoms with Gasteiger partial charge in [-0.05, 0) is 58.7 Å². The molecule has 1 N–H and O–H groups in total. The summed E-state index contributed by atoms with van der Waals surface area (Å²) < 4.78 is 5.22. The van der Waals surface area contributed by atoms with Crippen LogP contribution in [0.2, 0.25) is 0 Å². The molecule has 1 aliphatic heterocycles. The molecule has 186 valence electrons. The van der Waals surface area contributed by atoms with Crippen molar-refractivity contribution in [2.24, 2.45) is 11.8 Å². The second kappa shape index (κ2) is 8.42. The Kier molecular flexibility index (Phi) is 4.98. The van der Waals surface area contributed by atoms with Crippen LogP contribution in [-0.2, 0) is 9.59 Å². The summed E-state index contributed by atoms with van der Waals surface area (Å²) in [6.45, 7) is 0. The molecule has 1 saturated heterocycles. The van der Waals surface area contributed by atoms with Crippen molar-refractivity contribution >= 4 is 29.1 Å². The van der Waals surface area contributed by atoms with E-state index >= 15 is 0 Å². The van der Waals surface area contributed by atoms with Crippen LogP contribution < -0.4 is 15.0 Å². The minimum Gasteiger partial charge on any atom is -0.497 e. The van der Waals surface area contributed by atoms with Gasteiger partial charge in [-0.25, -0.2) is 4.90 Å². The normalized spacial score (nSPS) is 22.5. The second-order valence-corrected chi connectivity index (χ2v) is 10.0. The number of hydrogen-bond donors (Lipinski definition) is 1. The topological polar surface area (TPSA) is 75.7 Å². The van der Waals surface area contributed by atoms with Crippen molar-refractivity contribution < 1.29 is 19.1 Å².